The van der Waals surface area contributed by atoms with Crippen LogP contribution in [0.4, 0.5) is 0 Å². The minimum Gasteiger partial charge on any atom is -0.313 e. The van der Waals surface area contributed by atoms with Gasteiger partial charge in [0.2, 0.25) is 0 Å². The molecule has 1 aromatic heterocycles. The average Bonchev–Trinajstić information content (AvgIpc) is 2.88. The first kappa shape index (κ1) is 12.6. The van der Waals surface area contributed by atoms with Crippen LogP contribution < -0.4 is 5.32 Å². The van der Waals surface area contributed by atoms with Crippen LogP contribution in [0.5, 0.6) is 0 Å². The minimum absolute atomic E-state index is 0.478. The molecule has 1 atom stereocenters. The summed E-state index contributed by atoms with van der Waals surface area (Å²) in [6, 6.07) is 0.596. The molecule has 1 saturated carbocycles. The van der Waals surface area contributed by atoms with E-state index < -0.39 is 0 Å². The number of aromatic nitrogens is 2. The molecule has 0 spiro atoms. The van der Waals surface area contributed by atoms with E-state index >= 15 is 0 Å². The molecule has 1 unspecified atom stereocenters. The molecule has 1 aromatic rings. The number of nitrogens with one attached hydrogen (secondary N) is 1. The van der Waals surface area contributed by atoms with Gasteiger partial charge >= 0.3 is 0 Å². The first-order valence-corrected chi connectivity index (χ1v) is 6.85. The van der Waals surface area contributed by atoms with Crippen molar-refractivity contribution < 1.29 is 0 Å². The molecule has 3 heteroatoms. The topological polar surface area (TPSA) is 29.9 Å². The second-order valence-electron chi connectivity index (χ2n) is 5.70. The highest BCUT2D eigenvalue weighted by Crippen LogP contribution is 2.41. The maximum absolute atomic E-state index is 4.27. The molecule has 3 nitrogen and oxygen atoms in total. The number of aryl methyl sites for hydroxylation is 1. The summed E-state index contributed by atoms with van der Waals surface area (Å²) in [7, 11) is 1.99. The summed E-state index contributed by atoms with van der Waals surface area (Å²) in [6.45, 7) is 5.71. The lowest BCUT2D eigenvalue weighted by molar-refractivity contribution is 0.222. The average molecular weight is 235 g/mol. The molecule has 1 aliphatic carbocycles. The predicted octanol–water partition coefficient (Wildman–Crippen LogP) is 2.52. The Bertz CT molecular complexity index is 350. The zero-order valence-corrected chi connectivity index (χ0v) is 11.4. The summed E-state index contributed by atoms with van der Waals surface area (Å²) < 4.78 is 1.90. The summed E-state index contributed by atoms with van der Waals surface area (Å²) in [5, 5.41) is 7.95. The van der Waals surface area contributed by atoms with Crippen molar-refractivity contribution in [3.8, 4) is 0 Å². The maximum atomic E-state index is 4.27. The zero-order valence-electron chi connectivity index (χ0n) is 11.4. The summed E-state index contributed by atoms with van der Waals surface area (Å²) in [5.74, 6) is 0. The van der Waals surface area contributed by atoms with Gasteiger partial charge in [0.1, 0.15) is 0 Å². The number of nitrogens with zero attached hydrogens (tertiary/aromatic N) is 2. The van der Waals surface area contributed by atoms with Gasteiger partial charge < -0.3 is 5.32 Å². The van der Waals surface area contributed by atoms with E-state index in [4.69, 9.17) is 0 Å². The van der Waals surface area contributed by atoms with Gasteiger partial charge in [-0.3, -0.25) is 4.68 Å². The molecular formula is C14H25N3. The zero-order chi connectivity index (χ0) is 12.3. The van der Waals surface area contributed by atoms with E-state index in [1.165, 1.54) is 31.2 Å². The third-order valence-corrected chi connectivity index (χ3v) is 4.24. The van der Waals surface area contributed by atoms with Crippen molar-refractivity contribution in [2.45, 2.75) is 52.0 Å². The van der Waals surface area contributed by atoms with Crippen LogP contribution in [0.25, 0.3) is 0 Å². The third kappa shape index (κ3) is 2.89. The Morgan fingerprint density at radius 3 is 2.71 bits per heavy atom. The Labute approximate surface area is 105 Å². The number of rotatable bonds is 5. The fourth-order valence-electron chi connectivity index (χ4n) is 3.16. The van der Waals surface area contributed by atoms with Crippen LogP contribution in [0.2, 0.25) is 0 Å². The quantitative estimate of drug-likeness (QED) is 0.850. The first-order chi connectivity index (χ1) is 8.14. The minimum atomic E-state index is 0.478. The summed E-state index contributed by atoms with van der Waals surface area (Å²) in [6.07, 6.45) is 10.8. The van der Waals surface area contributed by atoms with Gasteiger partial charge in [0, 0.05) is 19.3 Å². The van der Waals surface area contributed by atoms with Gasteiger partial charge in [0.05, 0.1) is 6.20 Å². The van der Waals surface area contributed by atoms with Gasteiger partial charge in [-0.05, 0) is 36.8 Å². The molecule has 1 fully saturated rings. The van der Waals surface area contributed by atoms with Crippen molar-refractivity contribution in [1.29, 1.82) is 0 Å². The summed E-state index contributed by atoms with van der Waals surface area (Å²) in [4.78, 5) is 0. The molecule has 0 aliphatic heterocycles. The molecule has 1 heterocycles. The molecule has 17 heavy (non-hydrogen) atoms. The predicted molar refractivity (Wildman–Crippen MR) is 71.0 cm³/mol. The molecule has 2 rings (SSSR count). The Kier molecular flexibility index (Phi) is 3.87. The molecule has 0 radical (unpaired) electrons. The normalized spacial score (nSPS) is 20.6. The summed E-state index contributed by atoms with van der Waals surface area (Å²) in [5.41, 5.74) is 1.83. The van der Waals surface area contributed by atoms with E-state index in [0.29, 0.717) is 11.5 Å². The molecule has 1 aliphatic rings. The molecular weight excluding hydrogens is 210 g/mol. The second-order valence-corrected chi connectivity index (χ2v) is 5.70. The SMILES string of the molecule is CCNC(Cc1cnn(C)c1)C1(C)CCCC1. The van der Waals surface area contributed by atoms with Crippen LogP contribution in [0, 0.1) is 5.41 Å². The van der Waals surface area contributed by atoms with E-state index in [-0.39, 0.29) is 0 Å². The monoisotopic (exact) mass is 235 g/mol. The highest BCUT2D eigenvalue weighted by atomic mass is 15.2. The highest BCUT2D eigenvalue weighted by molar-refractivity contribution is 5.08. The fourth-order valence-corrected chi connectivity index (χ4v) is 3.16. The summed E-state index contributed by atoms with van der Waals surface area (Å²) >= 11 is 0. The van der Waals surface area contributed by atoms with Gasteiger partial charge in [0.25, 0.3) is 0 Å². The van der Waals surface area contributed by atoms with E-state index in [9.17, 15) is 0 Å². The Morgan fingerprint density at radius 1 is 1.47 bits per heavy atom. The van der Waals surface area contributed by atoms with Crippen LogP contribution in [0.3, 0.4) is 0 Å². The van der Waals surface area contributed by atoms with Crippen molar-refractivity contribution in [2.75, 3.05) is 6.54 Å². The smallest absolute Gasteiger partial charge is 0.0522 e. The number of likely N-dealkylation sites (N-methyl/N-ethyl adjacent to an activating group) is 1. The van der Waals surface area contributed by atoms with Gasteiger partial charge in [-0.1, -0.05) is 26.7 Å². The standard InChI is InChI=1S/C14H25N3/c1-4-15-13(14(2)7-5-6-8-14)9-12-10-16-17(3)11-12/h10-11,13,15H,4-9H2,1-3H3. The van der Waals surface area contributed by atoms with Crippen molar-refractivity contribution in [3.05, 3.63) is 18.0 Å². The molecule has 0 saturated heterocycles. The van der Waals surface area contributed by atoms with E-state index in [1.807, 2.05) is 17.9 Å². The van der Waals surface area contributed by atoms with Gasteiger partial charge in [0.15, 0.2) is 0 Å². The maximum Gasteiger partial charge on any atom is 0.0522 e. The van der Waals surface area contributed by atoms with Crippen LogP contribution in [0.15, 0.2) is 12.4 Å². The van der Waals surface area contributed by atoms with Gasteiger partial charge in [-0.25, -0.2) is 0 Å². The number of hydrogen-bond acceptors (Lipinski definition) is 2. The van der Waals surface area contributed by atoms with E-state index in [1.54, 1.807) is 0 Å². The third-order valence-electron chi connectivity index (χ3n) is 4.24. The molecule has 0 aromatic carbocycles. The first-order valence-electron chi connectivity index (χ1n) is 6.85. The Hall–Kier alpha value is -0.830. The molecule has 0 amide bonds. The van der Waals surface area contributed by atoms with Crippen molar-refractivity contribution in [2.24, 2.45) is 12.5 Å². The lowest BCUT2D eigenvalue weighted by atomic mass is 9.78. The van der Waals surface area contributed by atoms with Crippen LogP contribution >= 0.6 is 0 Å². The van der Waals surface area contributed by atoms with Crippen molar-refractivity contribution >= 4 is 0 Å². The van der Waals surface area contributed by atoms with Gasteiger partial charge in [-0.2, -0.15) is 5.10 Å². The van der Waals surface area contributed by atoms with Crippen LogP contribution in [0.1, 0.15) is 45.1 Å². The van der Waals surface area contributed by atoms with Crippen LogP contribution in [-0.2, 0) is 13.5 Å². The molecule has 1 N–H and O–H groups in total. The molecule has 0 bridgehead atoms. The lowest BCUT2D eigenvalue weighted by Gasteiger charge is -2.34. The van der Waals surface area contributed by atoms with E-state index in [0.717, 1.165) is 13.0 Å². The highest BCUT2D eigenvalue weighted by Gasteiger charge is 2.36. The Morgan fingerprint density at radius 2 is 2.18 bits per heavy atom. The van der Waals surface area contributed by atoms with Crippen molar-refractivity contribution in [3.63, 3.8) is 0 Å². The van der Waals surface area contributed by atoms with Crippen LogP contribution in [-0.4, -0.2) is 22.4 Å². The number of hydrogen-bond donors (Lipinski definition) is 1. The van der Waals surface area contributed by atoms with Crippen molar-refractivity contribution in [1.82, 2.24) is 15.1 Å². The van der Waals surface area contributed by atoms with E-state index in [2.05, 4.69) is 30.5 Å². The second kappa shape index (κ2) is 5.21. The molecule has 96 valence electrons. The van der Waals surface area contributed by atoms with Gasteiger partial charge in [-0.15, -0.1) is 0 Å². The Balaban J connectivity index is 2.06. The largest absolute Gasteiger partial charge is 0.313 e. The lowest BCUT2D eigenvalue weighted by Crippen LogP contribution is -2.43. The fraction of sp³-hybridized carbons (Fsp3) is 0.786.